The summed E-state index contributed by atoms with van der Waals surface area (Å²) in [7, 11) is 6.66. The van der Waals surface area contributed by atoms with Crippen LogP contribution in [0.3, 0.4) is 0 Å². The van der Waals surface area contributed by atoms with Gasteiger partial charge in [0.25, 0.3) is 5.66 Å². The van der Waals surface area contributed by atoms with Crippen LogP contribution in [-0.2, 0) is 20.6 Å². The van der Waals surface area contributed by atoms with E-state index in [4.69, 9.17) is 14.2 Å². The summed E-state index contributed by atoms with van der Waals surface area (Å²) in [5.74, 6) is -0.0219. The van der Waals surface area contributed by atoms with Crippen LogP contribution in [0.4, 0.5) is 8.78 Å². The predicted molar refractivity (Wildman–Crippen MR) is 141 cm³/mol. The minimum atomic E-state index is -3.03. The predicted octanol–water partition coefficient (Wildman–Crippen LogP) is 5.81. The number of alkyl halides is 2. The van der Waals surface area contributed by atoms with Crippen molar-refractivity contribution >= 4 is 26.8 Å². The Morgan fingerprint density at radius 3 is 2.43 bits per heavy atom. The van der Waals surface area contributed by atoms with E-state index in [1.165, 1.54) is 52.7 Å². The SMILES string of the molecule is COCO[C@@H]1CN(C)C[C@](C)(c2ccccc2)C1.COc1cc(C(F)(F)P)cc(SC)c1C(C)=O. The van der Waals surface area contributed by atoms with Gasteiger partial charge in [-0.3, -0.25) is 4.79 Å². The van der Waals surface area contributed by atoms with Crippen LogP contribution in [0.1, 0.15) is 41.8 Å². The topological polar surface area (TPSA) is 48.0 Å². The van der Waals surface area contributed by atoms with Gasteiger partial charge in [0.2, 0.25) is 0 Å². The van der Waals surface area contributed by atoms with E-state index in [0.29, 0.717) is 17.3 Å². The molecule has 1 unspecified atom stereocenters. The highest BCUT2D eigenvalue weighted by Crippen LogP contribution is 2.41. The first kappa shape index (κ1) is 29.7. The molecule has 3 rings (SSSR count). The maximum atomic E-state index is 13.2. The van der Waals surface area contributed by atoms with Gasteiger partial charge < -0.3 is 19.1 Å². The standard InChI is InChI=1S/C15H23NO2.C11H13F2O2PS/c1-15(13-7-5-4-6-8-13)9-14(18-12-17-3)10-16(2)11-15;1-6(14)10-8(15-2)4-7(11(12,13)16)5-9(10)17-3/h4-8,14H,9-12H2,1-3H3;4-5H,16H2,1-3H3/t14-,15+;/m0./s1. The normalized spacial score (nSPS) is 20.7. The zero-order chi connectivity index (χ0) is 26.2. The molecule has 0 amide bonds. The molecule has 9 heteroatoms. The van der Waals surface area contributed by atoms with Gasteiger partial charge in [-0.05, 0) is 44.3 Å². The third-order valence-electron chi connectivity index (χ3n) is 5.95. The number of benzene rings is 2. The van der Waals surface area contributed by atoms with E-state index in [1.54, 1.807) is 13.4 Å². The lowest BCUT2D eigenvalue weighted by molar-refractivity contribution is -0.100. The second-order valence-electron chi connectivity index (χ2n) is 8.96. The molecule has 2 aromatic rings. The molecule has 0 spiro atoms. The van der Waals surface area contributed by atoms with E-state index < -0.39 is 5.66 Å². The smallest absolute Gasteiger partial charge is 0.284 e. The summed E-state index contributed by atoms with van der Waals surface area (Å²) in [6.07, 6.45) is 3.02. The molecule has 1 saturated heterocycles. The molecular weight excluding hydrogens is 491 g/mol. The minimum Gasteiger partial charge on any atom is -0.496 e. The number of ether oxygens (including phenoxy) is 3. The van der Waals surface area contributed by atoms with Crippen molar-refractivity contribution < 1.29 is 27.8 Å². The highest BCUT2D eigenvalue weighted by molar-refractivity contribution is 7.98. The molecule has 3 atom stereocenters. The Kier molecular flexibility index (Phi) is 11.1. The number of likely N-dealkylation sites (N-methyl/N-ethyl adjacent to an activating group) is 1. The molecule has 0 bridgehead atoms. The zero-order valence-electron chi connectivity index (χ0n) is 21.3. The monoisotopic (exact) mass is 527 g/mol. The number of rotatable bonds is 8. The number of carbonyl (C=O) groups excluding carboxylic acids is 1. The summed E-state index contributed by atoms with van der Waals surface area (Å²) in [5.41, 5.74) is -1.33. The zero-order valence-corrected chi connectivity index (χ0v) is 23.2. The average Bonchev–Trinajstić information content (AvgIpc) is 2.81. The molecular formula is C26H36F2NO4PS. The van der Waals surface area contributed by atoms with Gasteiger partial charge in [0.05, 0.1) is 18.8 Å². The van der Waals surface area contributed by atoms with Gasteiger partial charge >= 0.3 is 0 Å². The Morgan fingerprint density at radius 1 is 1.26 bits per heavy atom. The highest BCUT2D eigenvalue weighted by atomic mass is 32.2. The van der Waals surface area contributed by atoms with E-state index in [0.717, 1.165) is 19.5 Å². The van der Waals surface area contributed by atoms with Gasteiger partial charge in [-0.1, -0.05) is 46.5 Å². The highest BCUT2D eigenvalue weighted by Gasteiger charge is 2.36. The van der Waals surface area contributed by atoms with Crippen molar-refractivity contribution in [3.05, 3.63) is 59.2 Å². The molecule has 0 aromatic heterocycles. The maximum absolute atomic E-state index is 13.2. The first-order valence-electron chi connectivity index (χ1n) is 11.2. The fraction of sp³-hybridized carbons (Fsp3) is 0.500. The number of hydrogen-bond donors (Lipinski definition) is 0. The van der Waals surface area contributed by atoms with Crippen molar-refractivity contribution in [1.29, 1.82) is 0 Å². The molecule has 1 aliphatic heterocycles. The molecule has 0 radical (unpaired) electrons. The summed E-state index contributed by atoms with van der Waals surface area (Å²) >= 11 is 1.24. The molecule has 1 aliphatic rings. The number of nitrogens with zero attached hydrogens (tertiary/aromatic N) is 1. The summed E-state index contributed by atoms with van der Waals surface area (Å²) in [6, 6.07) is 13.2. The molecule has 0 aliphatic carbocycles. The number of halogens is 2. The third-order valence-corrected chi connectivity index (χ3v) is 7.04. The Labute approximate surface area is 214 Å². The van der Waals surface area contributed by atoms with E-state index in [1.807, 2.05) is 0 Å². The van der Waals surface area contributed by atoms with Crippen LogP contribution in [-0.4, -0.2) is 64.2 Å². The van der Waals surface area contributed by atoms with Crippen LogP contribution in [0.2, 0.25) is 0 Å². The second-order valence-corrected chi connectivity index (χ2v) is 10.5. The summed E-state index contributed by atoms with van der Waals surface area (Å²) in [5, 5.41) is 0. The lowest BCUT2D eigenvalue weighted by Crippen LogP contribution is -2.49. The van der Waals surface area contributed by atoms with Crippen LogP contribution in [0, 0.1) is 0 Å². The van der Waals surface area contributed by atoms with Gasteiger partial charge in [-0.2, -0.15) is 8.78 Å². The number of methoxy groups -OCH3 is 2. The van der Waals surface area contributed by atoms with E-state index in [2.05, 4.69) is 49.2 Å². The van der Waals surface area contributed by atoms with Gasteiger partial charge in [0, 0.05) is 36.1 Å². The van der Waals surface area contributed by atoms with E-state index in [9.17, 15) is 13.6 Å². The Hall–Kier alpha value is -1.57. The van der Waals surface area contributed by atoms with Crippen LogP contribution in [0.25, 0.3) is 0 Å². The third kappa shape index (κ3) is 8.22. The molecule has 0 saturated carbocycles. The molecule has 194 valence electrons. The fourth-order valence-corrected chi connectivity index (χ4v) is 5.28. The van der Waals surface area contributed by atoms with Crippen LogP contribution < -0.4 is 4.74 Å². The van der Waals surface area contributed by atoms with Crippen LogP contribution >= 0.6 is 21.0 Å². The molecule has 2 aromatic carbocycles. The second kappa shape index (κ2) is 13.1. The largest absolute Gasteiger partial charge is 0.496 e. The quantitative estimate of drug-likeness (QED) is 0.187. The first-order chi connectivity index (χ1) is 16.4. The lowest BCUT2D eigenvalue weighted by atomic mass is 9.75. The fourth-order valence-electron chi connectivity index (χ4n) is 4.42. The van der Waals surface area contributed by atoms with Gasteiger partial charge in [0.1, 0.15) is 12.5 Å². The number of thioether (sulfide) groups is 1. The van der Waals surface area contributed by atoms with Crippen LogP contribution in [0.5, 0.6) is 5.75 Å². The van der Waals surface area contributed by atoms with Gasteiger partial charge in [-0.25, -0.2) is 0 Å². The molecule has 1 heterocycles. The van der Waals surface area contributed by atoms with Crippen molar-refractivity contribution in [2.75, 3.05) is 47.4 Å². The van der Waals surface area contributed by atoms with Crippen molar-refractivity contribution in [1.82, 2.24) is 4.90 Å². The van der Waals surface area contributed by atoms with Gasteiger partial charge in [0.15, 0.2) is 5.78 Å². The maximum Gasteiger partial charge on any atom is 0.284 e. The number of Topliss-reactive ketones (excluding diaryl/α,β-unsaturated/α-hetero) is 1. The van der Waals surface area contributed by atoms with Crippen molar-refractivity contribution in [3.8, 4) is 5.75 Å². The van der Waals surface area contributed by atoms with E-state index >= 15 is 0 Å². The van der Waals surface area contributed by atoms with Crippen molar-refractivity contribution in [2.45, 2.75) is 42.3 Å². The molecule has 35 heavy (non-hydrogen) atoms. The van der Waals surface area contributed by atoms with E-state index in [-0.39, 0.29) is 28.6 Å². The molecule has 0 N–H and O–H groups in total. The lowest BCUT2D eigenvalue weighted by Gasteiger charge is -2.43. The Bertz CT molecular complexity index is 949. The average molecular weight is 528 g/mol. The molecule has 5 nitrogen and oxygen atoms in total. The number of piperidine rings is 1. The minimum absolute atomic E-state index is 0.159. The molecule has 1 fully saturated rings. The van der Waals surface area contributed by atoms with Crippen molar-refractivity contribution in [3.63, 3.8) is 0 Å². The Morgan fingerprint density at radius 2 is 1.91 bits per heavy atom. The summed E-state index contributed by atoms with van der Waals surface area (Å²) < 4.78 is 42.2. The number of hydrogen-bond acceptors (Lipinski definition) is 6. The summed E-state index contributed by atoms with van der Waals surface area (Å²) in [4.78, 5) is 14.3. The summed E-state index contributed by atoms with van der Waals surface area (Å²) in [6.45, 7) is 6.14. The van der Waals surface area contributed by atoms with Crippen LogP contribution in [0.15, 0.2) is 47.4 Å². The number of carbonyl (C=O) groups is 1. The van der Waals surface area contributed by atoms with Gasteiger partial charge in [-0.15, -0.1) is 11.8 Å². The Balaban J connectivity index is 0.000000247. The number of ketones is 1. The first-order valence-corrected chi connectivity index (χ1v) is 13.0. The number of likely N-dealkylation sites (tertiary alicyclic amines) is 1. The van der Waals surface area contributed by atoms with Crippen molar-refractivity contribution in [2.24, 2.45) is 0 Å².